The number of fused-ring (bicyclic) bond motifs is 3. The van der Waals surface area contributed by atoms with E-state index in [0.717, 1.165) is 34.9 Å². The summed E-state index contributed by atoms with van der Waals surface area (Å²) in [6.07, 6.45) is 7.04. The van der Waals surface area contributed by atoms with E-state index >= 15 is 0 Å². The molecule has 172 valence electrons. The van der Waals surface area contributed by atoms with Crippen LogP contribution in [0.15, 0.2) is 73.2 Å². The SMILES string of the molecule is O=C(c1cncc2cc[nH]c12)N1CC2CCC(C1)N2C(c1cccc(F)c1)c1cccc(F)c1. The fourth-order valence-corrected chi connectivity index (χ4v) is 5.72. The molecule has 2 aliphatic rings. The molecule has 0 saturated carbocycles. The molecule has 2 fully saturated rings. The minimum Gasteiger partial charge on any atom is -0.360 e. The summed E-state index contributed by atoms with van der Waals surface area (Å²) >= 11 is 0. The molecule has 2 aliphatic heterocycles. The second-order valence-corrected chi connectivity index (χ2v) is 9.18. The van der Waals surface area contributed by atoms with Crippen molar-refractivity contribution in [1.82, 2.24) is 19.8 Å². The Kier molecular flexibility index (Phi) is 5.14. The predicted octanol–water partition coefficient (Wildman–Crippen LogP) is 4.92. The van der Waals surface area contributed by atoms with Crippen molar-refractivity contribution in [3.63, 3.8) is 0 Å². The molecule has 0 spiro atoms. The van der Waals surface area contributed by atoms with Crippen LogP contribution in [0.1, 0.15) is 40.4 Å². The van der Waals surface area contributed by atoms with E-state index in [0.29, 0.717) is 18.7 Å². The summed E-state index contributed by atoms with van der Waals surface area (Å²) in [6.45, 7) is 1.13. The van der Waals surface area contributed by atoms with Gasteiger partial charge < -0.3 is 9.88 Å². The number of hydrogen-bond acceptors (Lipinski definition) is 3. The molecule has 1 amide bonds. The van der Waals surface area contributed by atoms with Crippen molar-refractivity contribution in [3.05, 3.63) is 102 Å². The molecule has 6 rings (SSSR count). The lowest BCUT2D eigenvalue weighted by molar-refractivity contribution is 0.0340. The maximum atomic E-state index is 14.2. The van der Waals surface area contributed by atoms with Gasteiger partial charge in [-0.15, -0.1) is 0 Å². The highest BCUT2D eigenvalue weighted by Gasteiger charge is 2.45. The van der Waals surface area contributed by atoms with E-state index in [1.54, 1.807) is 24.5 Å². The quantitative estimate of drug-likeness (QED) is 0.472. The Morgan fingerprint density at radius 3 is 2.21 bits per heavy atom. The lowest BCUT2D eigenvalue weighted by Crippen LogP contribution is -2.56. The summed E-state index contributed by atoms with van der Waals surface area (Å²) in [5.74, 6) is -0.664. The zero-order valence-corrected chi connectivity index (χ0v) is 18.5. The van der Waals surface area contributed by atoms with Crippen LogP contribution in [0.25, 0.3) is 10.9 Å². The fraction of sp³-hybridized carbons (Fsp3) is 0.259. The van der Waals surface area contributed by atoms with Gasteiger partial charge >= 0.3 is 0 Å². The topological polar surface area (TPSA) is 52.2 Å². The molecule has 2 unspecified atom stereocenters. The average Bonchev–Trinajstić information content (AvgIpc) is 3.40. The molecule has 4 heterocycles. The number of rotatable bonds is 4. The highest BCUT2D eigenvalue weighted by molar-refractivity contribution is 6.05. The predicted molar refractivity (Wildman–Crippen MR) is 125 cm³/mol. The van der Waals surface area contributed by atoms with Crippen LogP contribution in [-0.4, -0.2) is 50.8 Å². The van der Waals surface area contributed by atoms with Gasteiger partial charge in [-0.3, -0.25) is 14.7 Å². The number of pyridine rings is 1. The van der Waals surface area contributed by atoms with Crippen molar-refractivity contribution in [1.29, 1.82) is 0 Å². The zero-order valence-electron chi connectivity index (χ0n) is 18.5. The van der Waals surface area contributed by atoms with Crippen LogP contribution in [0.5, 0.6) is 0 Å². The number of carbonyl (C=O) groups excluding carboxylic acids is 1. The van der Waals surface area contributed by atoms with Crippen LogP contribution in [0.2, 0.25) is 0 Å². The minimum absolute atomic E-state index is 0.0369. The van der Waals surface area contributed by atoms with Crippen LogP contribution >= 0.6 is 0 Å². The maximum absolute atomic E-state index is 14.2. The molecule has 5 nitrogen and oxygen atoms in total. The Bertz CT molecular complexity index is 1310. The Morgan fingerprint density at radius 2 is 1.59 bits per heavy atom. The normalized spacial score (nSPS) is 20.4. The van der Waals surface area contributed by atoms with Crippen molar-refractivity contribution in [2.75, 3.05) is 13.1 Å². The highest BCUT2D eigenvalue weighted by Crippen LogP contribution is 2.41. The summed E-state index contributed by atoms with van der Waals surface area (Å²) in [7, 11) is 0. The highest BCUT2D eigenvalue weighted by atomic mass is 19.1. The van der Waals surface area contributed by atoms with Gasteiger partial charge in [0.2, 0.25) is 0 Å². The lowest BCUT2D eigenvalue weighted by atomic mass is 9.94. The largest absolute Gasteiger partial charge is 0.360 e. The Morgan fingerprint density at radius 1 is 0.941 bits per heavy atom. The van der Waals surface area contributed by atoms with Crippen LogP contribution in [0, 0.1) is 11.6 Å². The first-order valence-corrected chi connectivity index (χ1v) is 11.6. The number of halogens is 2. The van der Waals surface area contributed by atoms with E-state index in [9.17, 15) is 13.6 Å². The number of aromatic amines is 1. The van der Waals surface area contributed by atoms with Gasteiger partial charge in [-0.1, -0.05) is 24.3 Å². The molecule has 2 bridgehead atoms. The summed E-state index contributed by atoms with van der Waals surface area (Å²) in [6, 6.07) is 14.9. The first kappa shape index (κ1) is 21.0. The van der Waals surface area contributed by atoms with Crippen LogP contribution in [0.4, 0.5) is 8.78 Å². The van der Waals surface area contributed by atoms with Crippen molar-refractivity contribution >= 4 is 16.8 Å². The molecule has 0 radical (unpaired) electrons. The van der Waals surface area contributed by atoms with Crippen LogP contribution in [-0.2, 0) is 0 Å². The minimum atomic E-state index is -0.313. The lowest BCUT2D eigenvalue weighted by Gasteiger charge is -2.45. The molecular formula is C27H24F2N4O. The molecule has 0 aliphatic carbocycles. The molecular weight excluding hydrogens is 434 g/mol. The summed E-state index contributed by atoms with van der Waals surface area (Å²) in [5, 5.41) is 0.907. The van der Waals surface area contributed by atoms with E-state index in [1.165, 1.54) is 24.3 Å². The van der Waals surface area contributed by atoms with Gasteiger partial charge in [-0.25, -0.2) is 8.78 Å². The third-order valence-electron chi connectivity index (χ3n) is 7.15. The number of nitrogens with one attached hydrogen (secondary N) is 1. The fourth-order valence-electron chi connectivity index (χ4n) is 5.72. The number of H-pyrrole nitrogens is 1. The van der Waals surface area contributed by atoms with Crippen molar-refractivity contribution in [3.8, 4) is 0 Å². The van der Waals surface area contributed by atoms with Gasteiger partial charge in [0.15, 0.2) is 0 Å². The van der Waals surface area contributed by atoms with Crippen LogP contribution < -0.4 is 0 Å². The number of nitrogens with zero attached hydrogens (tertiary/aromatic N) is 3. The molecule has 34 heavy (non-hydrogen) atoms. The van der Waals surface area contributed by atoms with Gasteiger partial charge in [0.1, 0.15) is 11.6 Å². The number of hydrogen-bond donors (Lipinski definition) is 1. The third-order valence-corrected chi connectivity index (χ3v) is 7.15. The maximum Gasteiger partial charge on any atom is 0.257 e. The van der Waals surface area contributed by atoms with Gasteiger partial charge in [0.25, 0.3) is 5.91 Å². The summed E-state index contributed by atoms with van der Waals surface area (Å²) < 4.78 is 28.4. The van der Waals surface area contributed by atoms with E-state index < -0.39 is 0 Å². The standard InChI is InChI=1S/C27H24F2N4O/c28-20-5-1-3-17(11-20)26(18-4-2-6-21(29)12-18)33-22-7-8-23(33)16-32(15-22)27(34)24-14-30-13-19-9-10-31-25(19)24/h1-6,9-14,22-23,26,31H,7-8,15-16H2. The Balaban J connectivity index is 1.34. The number of amides is 1. The van der Waals surface area contributed by atoms with Crippen LogP contribution in [0.3, 0.4) is 0 Å². The van der Waals surface area contributed by atoms with E-state index in [-0.39, 0.29) is 35.7 Å². The van der Waals surface area contributed by atoms with Crippen molar-refractivity contribution < 1.29 is 13.6 Å². The molecule has 2 atom stereocenters. The molecule has 2 saturated heterocycles. The first-order chi connectivity index (χ1) is 16.6. The molecule has 2 aromatic carbocycles. The third kappa shape index (κ3) is 3.56. The second-order valence-electron chi connectivity index (χ2n) is 9.18. The first-order valence-electron chi connectivity index (χ1n) is 11.6. The number of aromatic nitrogens is 2. The van der Waals surface area contributed by atoms with E-state index in [4.69, 9.17) is 0 Å². The monoisotopic (exact) mass is 458 g/mol. The molecule has 2 aromatic heterocycles. The van der Waals surface area contributed by atoms with Gasteiger partial charge in [-0.2, -0.15) is 0 Å². The summed E-state index contributed by atoms with van der Waals surface area (Å²) in [5.41, 5.74) is 2.96. The number of carbonyl (C=O) groups is 1. The van der Waals surface area contributed by atoms with Gasteiger partial charge in [-0.05, 0) is 54.3 Å². The molecule has 7 heteroatoms. The summed E-state index contributed by atoms with van der Waals surface area (Å²) in [4.78, 5) is 25.2. The Labute approximate surface area is 196 Å². The smallest absolute Gasteiger partial charge is 0.257 e. The molecule has 4 aromatic rings. The zero-order chi connectivity index (χ0) is 23.2. The van der Waals surface area contributed by atoms with Crippen molar-refractivity contribution in [2.24, 2.45) is 0 Å². The van der Waals surface area contributed by atoms with Gasteiger partial charge in [0.05, 0.1) is 17.1 Å². The average molecular weight is 459 g/mol. The van der Waals surface area contributed by atoms with Gasteiger partial charge in [0, 0.05) is 49.1 Å². The second kappa shape index (κ2) is 8.33. The Hall–Kier alpha value is -3.58. The number of benzene rings is 2. The number of piperazine rings is 1. The molecule has 1 N–H and O–H groups in total. The van der Waals surface area contributed by atoms with E-state index in [2.05, 4.69) is 14.9 Å². The van der Waals surface area contributed by atoms with E-state index in [1.807, 2.05) is 29.3 Å². The number of likely N-dealkylation sites (tertiary alicyclic amines) is 1. The van der Waals surface area contributed by atoms with Crippen molar-refractivity contribution in [2.45, 2.75) is 31.0 Å².